The number of carbonyl (C=O) groups excluding carboxylic acids is 2. The minimum atomic E-state index is -0.0101. The first-order valence-electron chi connectivity index (χ1n) is 10.5. The van der Waals surface area contributed by atoms with E-state index in [1.54, 1.807) is 0 Å². The normalized spacial score (nSPS) is 23.3. The van der Waals surface area contributed by atoms with Crippen LogP contribution in [0.4, 0.5) is 0 Å². The molecule has 1 saturated heterocycles. The van der Waals surface area contributed by atoms with Crippen molar-refractivity contribution in [2.45, 2.75) is 69.9 Å². The minimum absolute atomic E-state index is 0.0101. The molecule has 1 N–H and O–H groups in total. The Bertz CT molecular complexity index is 663. The van der Waals surface area contributed by atoms with Crippen LogP contribution in [0.3, 0.4) is 0 Å². The third-order valence-corrected chi connectivity index (χ3v) is 6.09. The van der Waals surface area contributed by atoms with Crippen LogP contribution >= 0.6 is 0 Å². The van der Waals surface area contributed by atoms with Crippen LogP contribution in [0.2, 0.25) is 0 Å². The highest BCUT2D eigenvalue weighted by molar-refractivity contribution is 5.94. The fourth-order valence-electron chi connectivity index (χ4n) is 4.27. The lowest BCUT2D eigenvalue weighted by Gasteiger charge is -2.30. The molecule has 0 spiro atoms. The van der Waals surface area contributed by atoms with Gasteiger partial charge in [-0.3, -0.25) is 9.59 Å². The molecular weight excluding hydrogens is 340 g/mol. The Morgan fingerprint density at radius 1 is 0.963 bits per heavy atom. The number of amides is 2. The maximum Gasteiger partial charge on any atom is 0.251 e. The zero-order valence-corrected chi connectivity index (χ0v) is 16.0. The van der Waals surface area contributed by atoms with E-state index in [-0.39, 0.29) is 17.9 Å². The summed E-state index contributed by atoms with van der Waals surface area (Å²) < 4.78 is 5.96. The Balaban J connectivity index is 1.29. The molecule has 1 heterocycles. The van der Waals surface area contributed by atoms with Gasteiger partial charge >= 0.3 is 0 Å². The van der Waals surface area contributed by atoms with Crippen molar-refractivity contribution in [3.8, 4) is 5.75 Å². The first kappa shape index (κ1) is 18.3. The third-order valence-electron chi connectivity index (χ3n) is 6.09. The molecule has 4 rings (SSSR count). The molecule has 0 bridgehead atoms. The summed E-state index contributed by atoms with van der Waals surface area (Å²) in [5.74, 6) is 1.32. The second-order valence-corrected chi connectivity index (χ2v) is 8.25. The highest BCUT2D eigenvalue weighted by atomic mass is 16.5. The van der Waals surface area contributed by atoms with E-state index < -0.39 is 0 Å². The fourth-order valence-corrected chi connectivity index (χ4v) is 4.27. The summed E-state index contributed by atoms with van der Waals surface area (Å²) in [5.41, 5.74) is 0.671. The number of nitrogens with one attached hydrogen (secondary N) is 1. The molecule has 1 aromatic carbocycles. The predicted octanol–water partition coefficient (Wildman–Crippen LogP) is 3.53. The van der Waals surface area contributed by atoms with Gasteiger partial charge in [0, 0.05) is 24.1 Å². The molecule has 0 radical (unpaired) electrons. The van der Waals surface area contributed by atoms with Crippen LogP contribution < -0.4 is 10.1 Å². The molecule has 27 heavy (non-hydrogen) atoms. The van der Waals surface area contributed by atoms with E-state index in [0.29, 0.717) is 24.1 Å². The molecule has 3 fully saturated rings. The highest BCUT2D eigenvalue weighted by Gasteiger charge is 2.33. The van der Waals surface area contributed by atoms with Gasteiger partial charge in [0.1, 0.15) is 12.4 Å². The van der Waals surface area contributed by atoms with Crippen molar-refractivity contribution in [1.82, 2.24) is 10.2 Å². The van der Waals surface area contributed by atoms with Crippen LogP contribution in [0.15, 0.2) is 24.3 Å². The summed E-state index contributed by atoms with van der Waals surface area (Å²) in [6, 6.07) is 7.87. The molecule has 2 aliphatic carbocycles. The van der Waals surface area contributed by atoms with Gasteiger partial charge < -0.3 is 15.0 Å². The Kier molecular flexibility index (Phi) is 5.65. The Morgan fingerprint density at radius 3 is 2.41 bits per heavy atom. The van der Waals surface area contributed by atoms with Gasteiger partial charge in [-0.05, 0) is 62.8 Å². The van der Waals surface area contributed by atoms with Gasteiger partial charge in [-0.2, -0.15) is 0 Å². The molecule has 1 aromatic rings. The zero-order chi connectivity index (χ0) is 18.6. The largest absolute Gasteiger partial charge is 0.491 e. The van der Waals surface area contributed by atoms with Crippen LogP contribution in [-0.2, 0) is 4.79 Å². The van der Waals surface area contributed by atoms with E-state index in [1.807, 2.05) is 24.3 Å². The van der Waals surface area contributed by atoms with Crippen molar-refractivity contribution >= 4 is 11.8 Å². The number of rotatable bonds is 6. The van der Waals surface area contributed by atoms with E-state index in [4.69, 9.17) is 4.74 Å². The molecule has 1 aliphatic heterocycles. The first-order chi connectivity index (χ1) is 13.2. The molecule has 5 nitrogen and oxygen atoms in total. The lowest BCUT2D eigenvalue weighted by Crippen LogP contribution is -2.42. The van der Waals surface area contributed by atoms with E-state index in [1.165, 1.54) is 19.3 Å². The second-order valence-electron chi connectivity index (χ2n) is 8.25. The molecule has 2 saturated carbocycles. The van der Waals surface area contributed by atoms with Crippen LogP contribution in [0.25, 0.3) is 0 Å². The number of hydrogen-bond acceptors (Lipinski definition) is 3. The molecule has 5 heteroatoms. The standard InChI is InChI=1S/C22H30N2O3/c25-21(23-18-10-11-18)16-8-12-20(13-9-16)27-15-19-7-4-14-24(19)22(26)17-5-2-1-3-6-17/h8-9,12-13,17-19H,1-7,10-11,14-15H2,(H,23,25). The Labute approximate surface area is 161 Å². The lowest BCUT2D eigenvalue weighted by molar-refractivity contribution is -0.137. The third kappa shape index (κ3) is 4.63. The van der Waals surface area contributed by atoms with E-state index in [2.05, 4.69) is 10.2 Å². The lowest BCUT2D eigenvalue weighted by atomic mass is 9.88. The van der Waals surface area contributed by atoms with E-state index >= 15 is 0 Å². The van der Waals surface area contributed by atoms with Crippen molar-refractivity contribution in [1.29, 1.82) is 0 Å². The molecule has 3 aliphatic rings. The van der Waals surface area contributed by atoms with Crippen molar-refractivity contribution in [3.05, 3.63) is 29.8 Å². The smallest absolute Gasteiger partial charge is 0.251 e. The fraction of sp³-hybridized carbons (Fsp3) is 0.636. The molecule has 146 valence electrons. The molecular formula is C22H30N2O3. The molecule has 0 aromatic heterocycles. The van der Waals surface area contributed by atoms with Crippen molar-refractivity contribution < 1.29 is 14.3 Å². The number of nitrogens with zero attached hydrogens (tertiary/aromatic N) is 1. The summed E-state index contributed by atoms with van der Waals surface area (Å²) in [7, 11) is 0. The van der Waals surface area contributed by atoms with Gasteiger partial charge in [0.25, 0.3) is 5.91 Å². The van der Waals surface area contributed by atoms with Gasteiger partial charge in [-0.25, -0.2) is 0 Å². The van der Waals surface area contributed by atoms with Crippen LogP contribution in [0.1, 0.15) is 68.1 Å². The number of carbonyl (C=O) groups is 2. The Hall–Kier alpha value is -2.04. The SMILES string of the molecule is O=C(NC1CC1)c1ccc(OCC2CCCN2C(=O)C2CCCCC2)cc1. The summed E-state index contributed by atoms with van der Waals surface area (Å²) in [5, 5.41) is 2.99. The quantitative estimate of drug-likeness (QED) is 0.833. The van der Waals surface area contributed by atoms with Crippen molar-refractivity contribution in [3.63, 3.8) is 0 Å². The number of benzene rings is 1. The predicted molar refractivity (Wildman–Crippen MR) is 104 cm³/mol. The number of likely N-dealkylation sites (tertiary alicyclic amines) is 1. The van der Waals surface area contributed by atoms with Gasteiger partial charge in [-0.1, -0.05) is 19.3 Å². The van der Waals surface area contributed by atoms with Crippen LogP contribution in [0, 0.1) is 5.92 Å². The van der Waals surface area contributed by atoms with E-state index in [0.717, 1.165) is 50.8 Å². The summed E-state index contributed by atoms with van der Waals surface area (Å²) in [6.07, 6.45) is 9.99. The monoisotopic (exact) mass is 370 g/mol. The zero-order valence-electron chi connectivity index (χ0n) is 16.0. The summed E-state index contributed by atoms with van der Waals surface area (Å²) in [6.45, 7) is 1.40. The van der Waals surface area contributed by atoms with Gasteiger partial charge in [0.05, 0.1) is 6.04 Å². The average Bonchev–Trinajstić information content (AvgIpc) is 3.40. The average molecular weight is 370 g/mol. The molecule has 1 unspecified atom stereocenters. The second kappa shape index (κ2) is 8.32. The summed E-state index contributed by atoms with van der Waals surface area (Å²) in [4.78, 5) is 27.0. The first-order valence-corrected chi connectivity index (χ1v) is 10.5. The Morgan fingerprint density at radius 2 is 1.70 bits per heavy atom. The van der Waals surface area contributed by atoms with Crippen LogP contribution in [-0.4, -0.2) is 41.9 Å². The highest BCUT2D eigenvalue weighted by Crippen LogP contribution is 2.29. The van der Waals surface area contributed by atoms with Gasteiger partial charge in [0.2, 0.25) is 5.91 Å². The minimum Gasteiger partial charge on any atom is -0.491 e. The van der Waals surface area contributed by atoms with Crippen molar-refractivity contribution in [2.75, 3.05) is 13.2 Å². The maximum absolute atomic E-state index is 12.9. The maximum atomic E-state index is 12.9. The van der Waals surface area contributed by atoms with Gasteiger partial charge in [-0.15, -0.1) is 0 Å². The topological polar surface area (TPSA) is 58.6 Å². The van der Waals surface area contributed by atoms with Crippen molar-refractivity contribution in [2.24, 2.45) is 5.92 Å². The molecule has 2 amide bonds. The molecule has 1 atom stereocenters. The van der Waals surface area contributed by atoms with Gasteiger partial charge in [0.15, 0.2) is 0 Å². The van der Waals surface area contributed by atoms with Crippen LogP contribution in [0.5, 0.6) is 5.75 Å². The number of hydrogen-bond donors (Lipinski definition) is 1. The van der Waals surface area contributed by atoms with E-state index in [9.17, 15) is 9.59 Å². The summed E-state index contributed by atoms with van der Waals surface area (Å²) >= 11 is 0. The number of ether oxygens (including phenoxy) is 1.